The summed E-state index contributed by atoms with van der Waals surface area (Å²) in [5, 5.41) is 4.25. The van der Waals surface area contributed by atoms with Gasteiger partial charge in [-0.25, -0.2) is 0 Å². The molecule has 25 heavy (non-hydrogen) atoms. The topological polar surface area (TPSA) is 0 Å². The fraction of sp³-hybridized carbons (Fsp3) is 0.0435. The average Bonchev–Trinajstić information content (AvgIpc) is 3.19. The zero-order valence-corrected chi connectivity index (χ0v) is 15.7. The molecule has 0 saturated heterocycles. The van der Waals surface area contributed by atoms with E-state index in [0.717, 1.165) is 0 Å². The standard InChI is InChI=1S/C23H19P.Co/c1-3-13-20(14-4-1)24(21-15-5-2-6-16-21)23-18-10-9-17-22(23)19-11-7-8-12-19;/h1-19H;/q;+2. The summed E-state index contributed by atoms with van der Waals surface area (Å²) in [7, 11) is -0.551. The van der Waals surface area contributed by atoms with Crippen molar-refractivity contribution < 1.29 is 16.8 Å². The molecule has 0 heterocycles. The minimum absolute atomic E-state index is 0. The molecule has 1 aliphatic rings. The van der Waals surface area contributed by atoms with Crippen LogP contribution in [-0.4, -0.2) is 0 Å². The molecule has 0 unspecified atom stereocenters. The van der Waals surface area contributed by atoms with E-state index in [1.165, 1.54) is 21.5 Å². The van der Waals surface area contributed by atoms with E-state index in [-0.39, 0.29) is 16.8 Å². The first-order valence-electron chi connectivity index (χ1n) is 8.27. The molecule has 0 fully saturated rings. The number of benzene rings is 3. The molecule has 0 N–H and O–H groups in total. The summed E-state index contributed by atoms with van der Waals surface area (Å²) >= 11 is 0. The van der Waals surface area contributed by atoms with Crippen LogP contribution in [0.3, 0.4) is 0 Å². The van der Waals surface area contributed by atoms with Crippen molar-refractivity contribution in [3.8, 4) is 0 Å². The Morgan fingerprint density at radius 1 is 0.560 bits per heavy atom. The fourth-order valence-electron chi connectivity index (χ4n) is 3.19. The minimum Gasteiger partial charge on any atom is -0.0732 e. The largest absolute Gasteiger partial charge is 2.00 e. The van der Waals surface area contributed by atoms with E-state index in [1.54, 1.807) is 0 Å². The molecular formula is C23H19CoP+2. The first kappa shape index (κ1) is 17.9. The van der Waals surface area contributed by atoms with Crippen LogP contribution in [0.1, 0.15) is 11.5 Å². The maximum Gasteiger partial charge on any atom is 2.00 e. The molecule has 0 amide bonds. The number of allylic oxidation sites excluding steroid dienone is 4. The SMILES string of the molecule is C1=CC(c2ccccc2P(c2ccccc2)c2ccccc2)C=C1.[Co+2]. The predicted octanol–water partition coefficient (Wildman–Crippen LogP) is 4.65. The Kier molecular flexibility index (Phi) is 6.04. The minimum atomic E-state index is -0.551. The van der Waals surface area contributed by atoms with Crippen molar-refractivity contribution >= 4 is 23.8 Å². The zero-order chi connectivity index (χ0) is 16.2. The van der Waals surface area contributed by atoms with E-state index >= 15 is 0 Å². The van der Waals surface area contributed by atoms with Crippen LogP contribution in [0, 0.1) is 0 Å². The number of hydrogen-bond donors (Lipinski definition) is 0. The quantitative estimate of drug-likeness (QED) is 0.574. The molecule has 1 aliphatic carbocycles. The number of rotatable bonds is 4. The molecule has 0 saturated carbocycles. The van der Waals surface area contributed by atoms with Crippen LogP contribution in [0.4, 0.5) is 0 Å². The summed E-state index contributed by atoms with van der Waals surface area (Å²) in [4.78, 5) is 0. The van der Waals surface area contributed by atoms with Crippen LogP contribution in [0.15, 0.2) is 109 Å². The third kappa shape index (κ3) is 3.85. The summed E-state index contributed by atoms with van der Waals surface area (Å²) in [6.45, 7) is 0. The summed E-state index contributed by atoms with van der Waals surface area (Å²) in [6.07, 6.45) is 8.86. The first-order chi connectivity index (χ1) is 11.9. The van der Waals surface area contributed by atoms with E-state index < -0.39 is 7.92 Å². The molecule has 0 nitrogen and oxygen atoms in total. The van der Waals surface area contributed by atoms with Gasteiger partial charge in [0.15, 0.2) is 0 Å². The van der Waals surface area contributed by atoms with E-state index in [2.05, 4.69) is 109 Å². The van der Waals surface area contributed by atoms with Gasteiger partial charge in [0.05, 0.1) is 0 Å². The zero-order valence-electron chi connectivity index (χ0n) is 13.8. The summed E-state index contributed by atoms with van der Waals surface area (Å²) in [5.41, 5.74) is 1.42. The summed E-state index contributed by atoms with van der Waals surface area (Å²) in [6, 6.07) is 30.7. The Labute approximate surface area is 161 Å². The Bertz CT molecular complexity index is 817. The van der Waals surface area contributed by atoms with Crippen molar-refractivity contribution in [2.24, 2.45) is 0 Å². The molecule has 3 aromatic rings. The van der Waals surface area contributed by atoms with Crippen molar-refractivity contribution in [1.82, 2.24) is 0 Å². The van der Waals surface area contributed by atoms with Crippen LogP contribution in [0.2, 0.25) is 0 Å². The van der Waals surface area contributed by atoms with Crippen molar-refractivity contribution in [2.45, 2.75) is 5.92 Å². The fourth-order valence-corrected chi connectivity index (χ4v) is 5.71. The molecule has 1 radical (unpaired) electrons. The van der Waals surface area contributed by atoms with Gasteiger partial charge < -0.3 is 0 Å². The Morgan fingerprint density at radius 2 is 1.04 bits per heavy atom. The monoisotopic (exact) mass is 385 g/mol. The third-order valence-electron chi connectivity index (χ3n) is 4.31. The maximum absolute atomic E-state index is 2.31. The molecule has 0 aromatic heterocycles. The average molecular weight is 385 g/mol. The summed E-state index contributed by atoms with van der Waals surface area (Å²) in [5.74, 6) is 0.388. The molecule has 0 bridgehead atoms. The normalized spacial score (nSPS) is 13.2. The van der Waals surface area contributed by atoms with Gasteiger partial charge in [-0.05, 0) is 29.4 Å². The van der Waals surface area contributed by atoms with Crippen LogP contribution in [-0.2, 0) is 16.8 Å². The molecule has 2 heteroatoms. The van der Waals surface area contributed by atoms with Gasteiger partial charge in [-0.1, -0.05) is 109 Å². The van der Waals surface area contributed by atoms with Gasteiger partial charge in [0, 0.05) is 5.92 Å². The summed E-state index contributed by atoms with van der Waals surface area (Å²) < 4.78 is 0. The second kappa shape index (κ2) is 8.45. The van der Waals surface area contributed by atoms with Gasteiger partial charge in [0.25, 0.3) is 0 Å². The van der Waals surface area contributed by atoms with Crippen LogP contribution < -0.4 is 15.9 Å². The van der Waals surface area contributed by atoms with Gasteiger partial charge in [-0.3, -0.25) is 0 Å². The van der Waals surface area contributed by atoms with Crippen molar-refractivity contribution in [1.29, 1.82) is 0 Å². The van der Waals surface area contributed by atoms with E-state index in [4.69, 9.17) is 0 Å². The second-order valence-corrected chi connectivity index (χ2v) is 8.05. The van der Waals surface area contributed by atoms with E-state index in [1.807, 2.05) is 0 Å². The van der Waals surface area contributed by atoms with E-state index in [0.29, 0.717) is 5.92 Å². The Morgan fingerprint density at radius 3 is 1.60 bits per heavy atom. The number of hydrogen-bond acceptors (Lipinski definition) is 0. The maximum atomic E-state index is 2.31. The van der Waals surface area contributed by atoms with Crippen LogP contribution in [0.25, 0.3) is 0 Å². The second-order valence-electron chi connectivity index (χ2n) is 5.86. The Balaban J connectivity index is 0.00000182. The first-order valence-corrected chi connectivity index (χ1v) is 9.62. The van der Waals surface area contributed by atoms with Crippen molar-refractivity contribution in [2.75, 3.05) is 0 Å². The van der Waals surface area contributed by atoms with Crippen molar-refractivity contribution in [3.63, 3.8) is 0 Å². The van der Waals surface area contributed by atoms with E-state index in [9.17, 15) is 0 Å². The molecular weight excluding hydrogens is 366 g/mol. The molecule has 0 aliphatic heterocycles. The Hall–Kier alpha value is -1.92. The molecule has 4 rings (SSSR count). The molecule has 0 spiro atoms. The van der Waals surface area contributed by atoms with Crippen molar-refractivity contribution in [3.05, 3.63) is 115 Å². The van der Waals surface area contributed by atoms with Gasteiger partial charge >= 0.3 is 16.8 Å². The van der Waals surface area contributed by atoms with Crippen LogP contribution in [0.5, 0.6) is 0 Å². The molecule has 123 valence electrons. The van der Waals surface area contributed by atoms with Crippen LogP contribution >= 0.6 is 7.92 Å². The smallest absolute Gasteiger partial charge is 0.0732 e. The van der Waals surface area contributed by atoms with Gasteiger partial charge in [-0.15, -0.1) is 0 Å². The molecule has 3 aromatic carbocycles. The molecule has 0 atom stereocenters. The predicted molar refractivity (Wildman–Crippen MR) is 106 cm³/mol. The van der Waals surface area contributed by atoms with Gasteiger partial charge in [0.2, 0.25) is 0 Å². The third-order valence-corrected chi connectivity index (χ3v) is 6.83. The van der Waals surface area contributed by atoms with Gasteiger partial charge in [-0.2, -0.15) is 0 Å². The van der Waals surface area contributed by atoms with Gasteiger partial charge in [0.1, 0.15) is 0 Å².